The third kappa shape index (κ3) is 8.50. The highest BCUT2D eigenvalue weighted by molar-refractivity contribution is 6.03. The number of ether oxygens (including phenoxy) is 2. The Balaban J connectivity index is 2.61. The fourth-order valence-electron chi connectivity index (χ4n) is 3.01. The molecule has 1 unspecified atom stereocenters. The van der Waals surface area contributed by atoms with Gasteiger partial charge in [0.05, 0.1) is 24.3 Å². The Morgan fingerprint density at radius 3 is 2.08 bits per heavy atom. The molecule has 1 rings (SSSR count). The van der Waals surface area contributed by atoms with Gasteiger partial charge in [0.15, 0.2) is 0 Å². The molecule has 0 aliphatic heterocycles. The van der Waals surface area contributed by atoms with Crippen LogP contribution in [0.1, 0.15) is 87.4 Å². The molecule has 0 radical (unpaired) electrons. The highest BCUT2D eigenvalue weighted by Gasteiger charge is 2.21. The second-order valence-corrected chi connectivity index (χ2v) is 8.21. The minimum absolute atomic E-state index is 0.186. The van der Waals surface area contributed by atoms with Crippen LogP contribution >= 0.6 is 0 Å². The third-order valence-corrected chi connectivity index (χ3v) is 4.06. The fourth-order valence-corrected chi connectivity index (χ4v) is 3.01. The Bertz CT molecular complexity index is 572. The summed E-state index contributed by atoms with van der Waals surface area (Å²) < 4.78 is 10.7. The molecule has 146 valence electrons. The van der Waals surface area contributed by atoms with Crippen LogP contribution in [0.2, 0.25) is 0 Å². The van der Waals surface area contributed by atoms with E-state index in [4.69, 9.17) is 9.47 Å². The number of hydrogen-bond acceptors (Lipinski definition) is 4. The van der Waals surface area contributed by atoms with Gasteiger partial charge >= 0.3 is 11.9 Å². The second-order valence-electron chi connectivity index (χ2n) is 8.21. The normalized spacial score (nSPS) is 12.5. The predicted molar refractivity (Wildman–Crippen MR) is 104 cm³/mol. The number of unbranched alkanes of at least 4 members (excludes halogenated alkanes) is 3. The average Bonchev–Trinajstić information content (AvgIpc) is 2.58. The number of carbonyl (C=O) groups is 2. The summed E-state index contributed by atoms with van der Waals surface area (Å²) in [5.74, 6) is -0.669. The molecule has 0 saturated carbocycles. The van der Waals surface area contributed by atoms with E-state index in [-0.39, 0.29) is 22.5 Å². The number of rotatable bonds is 10. The molecule has 0 aromatic heterocycles. The molecule has 0 bridgehead atoms. The molecule has 0 fully saturated rings. The first kappa shape index (κ1) is 22.2. The van der Waals surface area contributed by atoms with Gasteiger partial charge in [-0.1, -0.05) is 66.0 Å². The zero-order chi connectivity index (χ0) is 19.6. The Kier molecular flexibility index (Phi) is 9.39. The maximum Gasteiger partial charge on any atom is 0.339 e. The summed E-state index contributed by atoms with van der Waals surface area (Å²) in [7, 11) is 0. The first-order valence-electron chi connectivity index (χ1n) is 9.68. The molecule has 0 N–H and O–H groups in total. The monoisotopic (exact) mass is 362 g/mol. The van der Waals surface area contributed by atoms with E-state index in [1.165, 1.54) is 0 Å². The van der Waals surface area contributed by atoms with Crippen LogP contribution in [0.25, 0.3) is 0 Å². The summed E-state index contributed by atoms with van der Waals surface area (Å²) in [5.41, 5.74) is 0.733. The summed E-state index contributed by atoms with van der Waals surface area (Å²) in [4.78, 5) is 24.7. The van der Waals surface area contributed by atoms with Crippen LogP contribution in [0, 0.1) is 11.3 Å². The van der Waals surface area contributed by atoms with E-state index in [1.54, 1.807) is 24.3 Å². The van der Waals surface area contributed by atoms with Crippen molar-refractivity contribution in [3.8, 4) is 0 Å². The van der Waals surface area contributed by atoms with Gasteiger partial charge in [-0.3, -0.25) is 0 Å². The van der Waals surface area contributed by atoms with E-state index in [9.17, 15) is 9.59 Å². The molecular formula is C22H34O4. The summed E-state index contributed by atoms with van der Waals surface area (Å²) in [6.45, 7) is 11.4. The molecule has 1 aromatic carbocycles. The molecular weight excluding hydrogens is 328 g/mol. The van der Waals surface area contributed by atoms with Gasteiger partial charge in [0.1, 0.15) is 0 Å². The molecule has 1 aromatic rings. The SMILES string of the molecule is CCCCCCOC(=O)c1ccccc1C(=O)OCC(C)CC(C)(C)C. The van der Waals surface area contributed by atoms with Crippen LogP contribution in [0.3, 0.4) is 0 Å². The molecule has 0 aliphatic carbocycles. The van der Waals surface area contributed by atoms with Crippen molar-refractivity contribution in [3.63, 3.8) is 0 Å². The van der Waals surface area contributed by atoms with Gasteiger partial charge in [-0.05, 0) is 36.3 Å². The van der Waals surface area contributed by atoms with Crippen molar-refractivity contribution in [2.75, 3.05) is 13.2 Å². The van der Waals surface area contributed by atoms with Crippen LogP contribution in [0.15, 0.2) is 24.3 Å². The molecule has 0 aliphatic rings. The van der Waals surface area contributed by atoms with Crippen LogP contribution in [-0.4, -0.2) is 25.2 Å². The second kappa shape index (κ2) is 11.0. The minimum Gasteiger partial charge on any atom is -0.462 e. The van der Waals surface area contributed by atoms with E-state index in [0.717, 1.165) is 32.1 Å². The number of hydrogen-bond donors (Lipinski definition) is 0. The molecule has 1 atom stereocenters. The van der Waals surface area contributed by atoms with E-state index in [2.05, 4.69) is 34.6 Å². The molecule has 0 spiro atoms. The highest BCUT2D eigenvalue weighted by Crippen LogP contribution is 2.24. The van der Waals surface area contributed by atoms with E-state index in [0.29, 0.717) is 13.2 Å². The average molecular weight is 363 g/mol. The number of benzene rings is 1. The van der Waals surface area contributed by atoms with Crippen molar-refractivity contribution in [2.45, 2.75) is 66.7 Å². The van der Waals surface area contributed by atoms with Crippen molar-refractivity contribution in [1.29, 1.82) is 0 Å². The lowest BCUT2D eigenvalue weighted by atomic mass is 9.86. The first-order chi connectivity index (χ1) is 12.2. The van der Waals surface area contributed by atoms with Crippen LogP contribution in [-0.2, 0) is 9.47 Å². The van der Waals surface area contributed by atoms with Gasteiger partial charge in [0.2, 0.25) is 0 Å². The van der Waals surface area contributed by atoms with Gasteiger partial charge in [-0.25, -0.2) is 9.59 Å². The van der Waals surface area contributed by atoms with Gasteiger partial charge in [0, 0.05) is 0 Å². The topological polar surface area (TPSA) is 52.6 Å². The van der Waals surface area contributed by atoms with Gasteiger partial charge in [-0.15, -0.1) is 0 Å². The summed E-state index contributed by atoms with van der Waals surface area (Å²) >= 11 is 0. The first-order valence-corrected chi connectivity index (χ1v) is 9.68. The molecule has 0 amide bonds. The maximum atomic E-state index is 12.4. The molecule has 4 nitrogen and oxygen atoms in total. The molecule has 26 heavy (non-hydrogen) atoms. The zero-order valence-electron chi connectivity index (χ0n) is 17.0. The highest BCUT2D eigenvalue weighted by atomic mass is 16.5. The quantitative estimate of drug-likeness (QED) is 0.398. The summed E-state index contributed by atoms with van der Waals surface area (Å²) in [6, 6.07) is 6.69. The minimum atomic E-state index is -0.468. The fraction of sp³-hybridized carbons (Fsp3) is 0.636. The third-order valence-electron chi connectivity index (χ3n) is 4.06. The lowest BCUT2D eigenvalue weighted by Gasteiger charge is -2.23. The molecule has 0 saturated heterocycles. The standard InChI is InChI=1S/C22H34O4/c1-6-7-8-11-14-25-20(23)18-12-9-10-13-19(18)21(24)26-16-17(2)15-22(3,4)5/h9-10,12-13,17H,6-8,11,14-16H2,1-5H3. The number of carbonyl (C=O) groups excluding carboxylic acids is 2. The molecule has 4 heteroatoms. The van der Waals surface area contributed by atoms with Crippen LogP contribution in [0.4, 0.5) is 0 Å². The van der Waals surface area contributed by atoms with Crippen LogP contribution < -0.4 is 0 Å². The summed E-state index contributed by atoms with van der Waals surface area (Å²) in [5, 5.41) is 0. The van der Waals surface area contributed by atoms with E-state index in [1.807, 2.05) is 0 Å². The Morgan fingerprint density at radius 1 is 0.962 bits per heavy atom. The maximum absolute atomic E-state index is 12.4. The smallest absolute Gasteiger partial charge is 0.339 e. The van der Waals surface area contributed by atoms with Gasteiger partial charge in [-0.2, -0.15) is 0 Å². The van der Waals surface area contributed by atoms with Crippen molar-refractivity contribution in [2.24, 2.45) is 11.3 Å². The number of esters is 2. The lowest BCUT2D eigenvalue weighted by molar-refractivity contribution is 0.0399. The Hall–Kier alpha value is -1.84. The van der Waals surface area contributed by atoms with Crippen molar-refractivity contribution >= 4 is 11.9 Å². The predicted octanol–water partition coefficient (Wildman–Crippen LogP) is 5.65. The zero-order valence-corrected chi connectivity index (χ0v) is 17.0. The van der Waals surface area contributed by atoms with Crippen LogP contribution in [0.5, 0.6) is 0 Å². The van der Waals surface area contributed by atoms with Crippen molar-refractivity contribution in [3.05, 3.63) is 35.4 Å². The Labute approximate surface area is 158 Å². The Morgan fingerprint density at radius 2 is 1.54 bits per heavy atom. The lowest BCUT2D eigenvalue weighted by Crippen LogP contribution is -2.19. The van der Waals surface area contributed by atoms with Gasteiger partial charge in [0.25, 0.3) is 0 Å². The van der Waals surface area contributed by atoms with E-state index >= 15 is 0 Å². The van der Waals surface area contributed by atoms with Crippen molar-refractivity contribution in [1.82, 2.24) is 0 Å². The largest absolute Gasteiger partial charge is 0.462 e. The van der Waals surface area contributed by atoms with Crippen molar-refractivity contribution < 1.29 is 19.1 Å². The van der Waals surface area contributed by atoms with Gasteiger partial charge < -0.3 is 9.47 Å². The van der Waals surface area contributed by atoms with E-state index < -0.39 is 11.9 Å². The summed E-state index contributed by atoms with van der Waals surface area (Å²) in [6.07, 6.45) is 5.11. The molecule has 0 heterocycles.